The summed E-state index contributed by atoms with van der Waals surface area (Å²) in [6.07, 6.45) is 7.46. The number of nitriles is 1. The number of carbonyl (C=O) groups is 1. The highest BCUT2D eigenvalue weighted by Crippen LogP contribution is 2.44. The average Bonchev–Trinajstić information content (AvgIpc) is 2.74. The first kappa shape index (κ1) is 8.50. The fraction of sp³-hybridized carbons (Fsp3) is 0.636. The Morgan fingerprint density at radius 1 is 1.46 bits per heavy atom. The lowest BCUT2D eigenvalue weighted by Gasteiger charge is -2.15. The first-order valence-electron chi connectivity index (χ1n) is 4.89. The van der Waals surface area contributed by atoms with Crippen molar-refractivity contribution in [3.8, 4) is 6.07 Å². The van der Waals surface area contributed by atoms with Crippen LogP contribution in [0.4, 0.5) is 0 Å². The molecule has 1 saturated carbocycles. The van der Waals surface area contributed by atoms with Crippen molar-refractivity contribution in [2.45, 2.75) is 25.7 Å². The Kier molecular flexibility index (Phi) is 2.18. The Bertz CT molecular complexity index is 287. The summed E-state index contributed by atoms with van der Waals surface area (Å²) in [5, 5.41) is 8.37. The first-order chi connectivity index (χ1) is 6.31. The minimum Gasteiger partial charge on any atom is -0.299 e. The lowest BCUT2D eigenvalue weighted by atomic mass is 9.88. The summed E-state index contributed by atoms with van der Waals surface area (Å²) in [7, 11) is 0. The molecule has 68 valence electrons. The molecule has 3 atom stereocenters. The number of fused-ring (bicyclic) bond motifs is 2. The van der Waals surface area contributed by atoms with Crippen LogP contribution >= 0.6 is 0 Å². The summed E-state index contributed by atoms with van der Waals surface area (Å²) >= 11 is 0. The molecule has 0 aromatic heterocycles. The van der Waals surface area contributed by atoms with Crippen molar-refractivity contribution in [2.75, 3.05) is 0 Å². The van der Waals surface area contributed by atoms with E-state index in [1.807, 2.05) is 6.07 Å². The number of allylic oxidation sites excluding steroid dienone is 2. The molecule has 2 nitrogen and oxygen atoms in total. The van der Waals surface area contributed by atoms with Crippen LogP contribution in [-0.2, 0) is 4.79 Å². The zero-order valence-corrected chi connectivity index (χ0v) is 7.57. The number of hydrogen-bond acceptors (Lipinski definition) is 2. The molecule has 2 heteroatoms. The van der Waals surface area contributed by atoms with Gasteiger partial charge in [0.05, 0.1) is 6.07 Å². The van der Waals surface area contributed by atoms with E-state index in [4.69, 9.17) is 5.26 Å². The molecular formula is C11H13NO. The Morgan fingerprint density at radius 3 is 2.85 bits per heavy atom. The molecule has 2 aliphatic rings. The Labute approximate surface area is 78.2 Å². The summed E-state index contributed by atoms with van der Waals surface area (Å²) in [6.45, 7) is 0. The third-order valence-electron chi connectivity index (χ3n) is 3.18. The van der Waals surface area contributed by atoms with Gasteiger partial charge in [0.2, 0.25) is 0 Å². The van der Waals surface area contributed by atoms with Crippen LogP contribution in [0, 0.1) is 29.1 Å². The van der Waals surface area contributed by atoms with E-state index < -0.39 is 0 Å². The predicted octanol–water partition coefficient (Wildman–Crippen LogP) is 2.07. The molecule has 13 heavy (non-hydrogen) atoms. The van der Waals surface area contributed by atoms with E-state index >= 15 is 0 Å². The van der Waals surface area contributed by atoms with Gasteiger partial charge >= 0.3 is 0 Å². The predicted molar refractivity (Wildman–Crippen MR) is 48.7 cm³/mol. The summed E-state index contributed by atoms with van der Waals surface area (Å²) in [6, 6.07) is 2.03. The normalized spacial score (nSPS) is 34.8. The number of carbonyl (C=O) groups excluding carboxylic acids is 1. The van der Waals surface area contributed by atoms with Crippen molar-refractivity contribution in [2.24, 2.45) is 17.8 Å². The molecule has 1 fully saturated rings. The molecule has 0 spiro atoms. The zero-order valence-electron chi connectivity index (χ0n) is 7.57. The number of nitrogens with zero attached hydrogens (tertiary/aromatic N) is 1. The minimum absolute atomic E-state index is 0.239. The maximum Gasteiger partial charge on any atom is 0.137 e. The van der Waals surface area contributed by atoms with Crippen LogP contribution < -0.4 is 0 Å². The van der Waals surface area contributed by atoms with Gasteiger partial charge in [0.25, 0.3) is 0 Å². The molecule has 3 unspecified atom stereocenters. The smallest absolute Gasteiger partial charge is 0.137 e. The number of ketones is 1. The van der Waals surface area contributed by atoms with Crippen LogP contribution in [-0.4, -0.2) is 5.78 Å². The summed E-state index contributed by atoms with van der Waals surface area (Å²) in [5.74, 6) is 1.69. The second kappa shape index (κ2) is 3.33. The van der Waals surface area contributed by atoms with Crippen molar-refractivity contribution in [3.63, 3.8) is 0 Å². The average molecular weight is 175 g/mol. The summed E-state index contributed by atoms with van der Waals surface area (Å²) in [4.78, 5) is 11.6. The number of Topliss-reactive ketones (excluding diaryl/α,β-unsaturated/α-hetero) is 1. The maximum atomic E-state index is 11.6. The summed E-state index contributed by atoms with van der Waals surface area (Å²) < 4.78 is 0. The molecule has 0 aromatic rings. The summed E-state index contributed by atoms with van der Waals surface area (Å²) in [5.41, 5.74) is 0. The second-order valence-electron chi connectivity index (χ2n) is 4.01. The standard InChI is InChI=1S/C11H13NO/c12-5-1-2-11(13)10-7-8-3-4-9(10)6-8/h3-4,8-10H,1-2,6-7H2. The highest BCUT2D eigenvalue weighted by molar-refractivity contribution is 5.82. The van der Waals surface area contributed by atoms with Crippen molar-refractivity contribution in [1.82, 2.24) is 0 Å². The van der Waals surface area contributed by atoms with Crippen LogP contribution in [0.25, 0.3) is 0 Å². The monoisotopic (exact) mass is 175 g/mol. The van der Waals surface area contributed by atoms with Gasteiger partial charge in [-0.1, -0.05) is 12.2 Å². The molecule has 0 heterocycles. The number of hydrogen-bond donors (Lipinski definition) is 0. The third-order valence-corrected chi connectivity index (χ3v) is 3.18. The Balaban J connectivity index is 1.92. The lowest BCUT2D eigenvalue weighted by Crippen LogP contribution is -2.18. The largest absolute Gasteiger partial charge is 0.299 e. The maximum absolute atomic E-state index is 11.6. The van der Waals surface area contributed by atoms with Gasteiger partial charge < -0.3 is 0 Å². The van der Waals surface area contributed by atoms with Crippen LogP contribution in [0.1, 0.15) is 25.7 Å². The SMILES string of the molecule is N#CCCC(=O)C1CC2C=CC1C2. The highest BCUT2D eigenvalue weighted by Gasteiger charge is 2.38. The van der Waals surface area contributed by atoms with Crippen molar-refractivity contribution in [1.29, 1.82) is 5.26 Å². The van der Waals surface area contributed by atoms with Gasteiger partial charge in [-0.3, -0.25) is 4.79 Å². The molecular weight excluding hydrogens is 162 g/mol. The topological polar surface area (TPSA) is 40.9 Å². The molecule has 0 aliphatic heterocycles. The van der Waals surface area contributed by atoms with Crippen LogP contribution in [0.5, 0.6) is 0 Å². The van der Waals surface area contributed by atoms with E-state index in [0.29, 0.717) is 30.5 Å². The van der Waals surface area contributed by atoms with Crippen molar-refractivity contribution < 1.29 is 4.79 Å². The van der Waals surface area contributed by atoms with Gasteiger partial charge in [-0.05, 0) is 24.7 Å². The van der Waals surface area contributed by atoms with Gasteiger partial charge in [-0.15, -0.1) is 0 Å². The Morgan fingerprint density at radius 2 is 2.31 bits per heavy atom. The fourth-order valence-corrected chi connectivity index (χ4v) is 2.52. The molecule has 0 amide bonds. The van der Waals surface area contributed by atoms with E-state index in [-0.39, 0.29) is 5.92 Å². The van der Waals surface area contributed by atoms with Gasteiger partial charge in [0.1, 0.15) is 5.78 Å². The molecule has 0 N–H and O–H groups in total. The Hall–Kier alpha value is -1.10. The van der Waals surface area contributed by atoms with E-state index in [9.17, 15) is 4.79 Å². The van der Waals surface area contributed by atoms with Crippen molar-refractivity contribution in [3.05, 3.63) is 12.2 Å². The van der Waals surface area contributed by atoms with Gasteiger partial charge in [0, 0.05) is 18.8 Å². The minimum atomic E-state index is 0.239. The van der Waals surface area contributed by atoms with E-state index in [2.05, 4.69) is 12.2 Å². The quantitative estimate of drug-likeness (QED) is 0.616. The van der Waals surface area contributed by atoms with Crippen LogP contribution in [0.2, 0.25) is 0 Å². The van der Waals surface area contributed by atoms with Gasteiger partial charge in [-0.2, -0.15) is 5.26 Å². The molecule has 0 radical (unpaired) electrons. The van der Waals surface area contributed by atoms with Crippen molar-refractivity contribution >= 4 is 5.78 Å². The van der Waals surface area contributed by atoms with E-state index in [1.165, 1.54) is 6.42 Å². The molecule has 0 saturated heterocycles. The number of rotatable bonds is 3. The van der Waals surface area contributed by atoms with Gasteiger partial charge in [-0.25, -0.2) is 0 Å². The second-order valence-corrected chi connectivity index (χ2v) is 4.01. The highest BCUT2D eigenvalue weighted by atomic mass is 16.1. The van der Waals surface area contributed by atoms with Gasteiger partial charge in [0.15, 0.2) is 0 Å². The zero-order chi connectivity index (χ0) is 9.26. The molecule has 0 aromatic carbocycles. The van der Waals surface area contributed by atoms with Crippen LogP contribution in [0.3, 0.4) is 0 Å². The molecule has 2 rings (SSSR count). The molecule has 2 bridgehead atoms. The van der Waals surface area contributed by atoms with Crippen LogP contribution in [0.15, 0.2) is 12.2 Å². The first-order valence-corrected chi connectivity index (χ1v) is 4.89. The van der Waals surface area contributed by atoms with E-state index in [1.54, 1.807) is 0 Å². The van der Waals surface area contributed by atoms with E-state index in [0.717, 1.165) is 6.42 Å². The lowest BCUT2D eigenvalue weighted by molar-refractivity contribution is -0.123. The fourth-order valence-electron chi connectivity index (χ4n) is 2.52. The molecule has 2 aliphatic carbocycles. The third kappa shape index (κ3) is 1.51.